The van der Waals surface area contributed by atoms with Gasteiger partial charge in [0.25, 0.3) is 5.91 Å². The number of carbonyl (C=O) groups excluding carboxylic acids is 1. The lowest BCUT2D eigenvalue weighted by Crippen LogP contribution is -2.15. The summed E-state index contributed by atoms with van der Waals surface area (Å²) >= 11 is 0. The Morgan fingerprint density at radius 1 is 0.970 bits per heavy atom. The minimum absolute atomic E-state index is 0.203. The molecule has 0 bridgehead atoms. The molecule has 0 atom stereocenters. The Bertz CT molecular complexity index is 1240. The smallest absolute Gasteiger partial charge is 0.255 e. The third-order valence-electron chi connectivity index (χ3n) is 5.02. The number of carbonyl (C=O) groups is 1. The summed E-state index contributed by atoms with van der Waals surface area (Å²) in [6, 6.07) is 22.1. The van der Waals surface area contributed by atoms with Crippen LogP contribution in [0.2, 0.25) is 0 Å². The number of aliphatic hydroxyl groups is 1. The van der Waals surface area contributed by atoms with Gasteiger partial charge >= 0.3 is 0 Å². The number of anilines is 3. The molecule has 3 aromatic carbocycles. The van der Waals surface area contributed by atoms with E-state index in [0.29, 0.717) is 22.7 Å². The van der Waals surface area contributed by atoms with E-state index in [0.717, 1.165) is 17.1 Å². The molecule has 8 nitrogen and oxygen atoms in total. The van der Waals surface area contributed by atoms with Crippen molar-refractivity contribution in [2.45, 2.75) is 19.4 Å². The van der Waals surface area contributed by atoms with Gasteiger partial charge in [-0.15, -0.1) is 5.10 Å². The Hall–Kier alpha value is -4.17. The van der Waals surface area contributed by atoms with Crippen LogP contribution in [0.3, 0.4) is 0 Å². The molecule has 0 spiro atoms. The van der Waals surface area contributed by atoms with E-state index in [1.807, 2.05) is 48.5 Å². The van der Waals surface area contributed by atoms with Crippen LogP contribution >= 0.6 is 0 Å². The number of ether oxygens (including phenoxy) is 1. The number of nitrogens with one attached hydrogen (secondary N) is 2. The fraction of sp³-hybridized carbons (Fsp3) is 0.160. The van der Waals surface area contributed by atoms with Crippen molar-refractivity contribution in [3.8, 4) is 11.4 Å². The average molecular weight is 444 g/mol. The maximum Gasteiger partial charge on any atom is 0.255 e. The van der Waals surface area contributed by atoms with E-state index in [2.05, 4.69) is 20.9 Å². The topological polar surface area (TPSA) is 101 Å². The third-order valence-corrected chi connectivity index (χ3v) is 5.02. The van der Waals surface area contributed by atoms with Gasteiger partial charge in [-0.1, -0.05) is 11.3 Å². The standard InChI is InChI=1S/C25H25N5O3/c1-25(2,32)23-16-30(29-28-23)21-13-11-19(12-14-21)26-18-7-9-20(10-8-18)27-24(31)17-5-4-6-22(15-17)33-3/h4-16,26,32H,1-3H3,(H,27,31). The Morgan fingerprint density at radius 2 is 1.61 bits per heavy atom. The summed E-state index contributed by atoms with van der Waals surface area (Å²) in [7, 11) is 1.57. The second-order valence-corrected chi connectivity index (χ2v) is 8.04. The molecular weight excluding hydrogens is 418 g/mol. The molecule has 0 aliphatic rings. The number of hydrogen-bond donors (Lipinski definition) is 3. The maximum absolute atomic E-state index is 12.5. The molecular formula is C25H25N5O3. The molecule has 4 aromatic rings. The van der Waals surface area contributed by atoms with E-state index in [4.69, 9.17) is 4.74 Å². The number of aromatic nitrogens is 3. The van der Waals surface area contributed by atoms with Crippen molar-refractivity contribution in [3.63, 3.8) is 0 Å². The number of methoxy groups -OCH3 is 1. The highest BCUT2D eigenvalue weighted by Gasteiger charge is 2.20. The van der Waals surface area contributed by atoms with E-state index in [1.165, 1.54) is 0 Å². The Kier molecular flexibility index (Phi) is 6.10. The Balaban J connectivity index is 1.38. The van der Waals surface area contributed by atoms with Crippen molar-refractivity contribution >= 4 is 23.0 Å². The fourth-order valence-corrected chi connectivity index (χ4v) is 3.14. The minimum atomic E-state index is -1.04. The summed E-state index contributed by atoms with van der Waals surface area (Å²) in [6.07, 6.45) is 1.71. The zero-order chi connectivity index (χ0) is 23.4. The predicted molar refractivity (Wildman–Crippen MR) is 127 cm³/mol. The molecule has 0 radical (unpaired) electrons. The molecule has 1 heterocycles. The van der Waals surface area contributed by atoms with Crippen LogP contribution in [0.5, 0.6) is 5.75 Å². The van der Waals surface area contributed by atoms with Crippen molar-refractivity contribution < 1.29 is 14.6 Å². The highest BCUT2D eigenvalue weighted by Crippen LogP contribution is 2.22. The summed E-state index contributed by atoms with van der Waals surface area (Å²) in [5.74, 6) is 0.431. The summed E-state index contributed by atoms with van der Waals surface area (Å²) in [6.45, 7) is 3.34. The molecule has 0 fully saturated rings. The summed E-state index contributed by atoms with van der Waals surface area (Å²) in [5, 5.41) is 24.4. The van der Waals surface area contributed by atoms with E-state index < -0.39 is 5.60 Å². The molecule has 0 aliphatic carbocycles. The van der Waals surface area contributed by atoms with Crippen molar-refractivity contribution in [1.29, 1.82) is 0 Å². The Morgan fingerprint density at radius 3 is 2.21 bits per heavy atom. The highest BCUT2D eigenvalue weighted by molar-refractivity contribution is 6.04. The third kappa shape index (κ3) is 5.36. The van der Waals surface area contributed by atoms with E-state index in [9.17, 15) is 9.90 Å². The molecule has 168 valence electrons. The molecule has 1 amide bonds. The summed E-state index contributed by atoms with van der Waals surface area (Å²) in [4.78, 5) is 12.5. The van der Waals surface area contributed by atoms with Gasteiger partial charge in [-0.05, 0) is 80.6 Å². The quantitative estimate of drug-likeness (QED) is 0.389. The number of hydrogen-bond acceptors (Lipinski definition) is 6. The lowest BCUT2D eigenvalue weighted by Gasteiger charge is -2.12. The van der Waals surface area contributed by atoms with Crippen LogP contribution in [0.4, 0.5) is 17.1 Å². The highest BCUT2D eigenvalue weighted by atomic mass is 16.5. The van der Waals surface area contributed by atoms with Gasteiger partial charge < -0.3 is 20.5 Å². The second-order valence-electron chi connectivity index (χ2n) is 8.04. The first-order valence-corrected chi connectivity index (χ1v) is 10.4. The van der Waals surface area contributed by atoms with Crippen LogP contribution in [-0.2, 0) is 5.60 Å². The zero-order valence-electron chi connectivity index (χ0n) is 18.6. The first-order chi connectivity index (χ1) is 15.8. The molecule has 8 heteroatoms. The number of rotatable bonds is 7. The summed E-state index contributed by atoms with van der Waals surface area (Å²) < 4.78 is 6.79. The molecule has 0 saturated carbocycles. The fourth-order valence-electron chi connectivity index (χ4n) is 3.14. The molecule has 0 aliphatic heterocycles. The molecule has 1 aromatic heterocycles. The van der Waals surface area contributed by atoms with Crippen LogP contribution in [-0.4, -0.2) is 33.1 Å². The van der Waals surface area contributed by atoms with Crippen LogP contribution in [0, 0.1) is 0 Å². The van der Waals surface area contributed by atoms with Crippen LogP contribution in [0.15, 0.2) is 79.0 Å². The number of nitrogens with zero attached hydrogens (tertiary/aromatic N) is 3. The lowest BCUT2D eigenvalue weighted by molar-refractivity contribution is 0.0737. The number of benzene rings is 3. The minimum Gasteiger partial charge on any atom is -0.497 e. The molecule has 0 unspecified atom stereocenters. The molecule has 4 rings (SSSR count). The van der Waals surface area contributed by atoms with Gasteiger partial charge in [-0.3, -0.25) is 4.79 Å². The van der Waals surface area contributed by atoms with E-state index in [-0.39, 0.29) is 5.91 Å². The second kappa shape index (κ2) is 9.13. The maximum atomic E-state index is 12.5. The van der Waals surface area contributed by atoms with Gasteiger partial charge in [-0.2, -0.15) is 0 Å². The number of amides is 1. The van der Waals surface area contributed by atoms with Gasteiger partial charge in [0, 0.05) is 22.6 Å². The van der Waals surface area contributed by atoms with E-state index in [1.54, 1.807) is 56.1 Å². The van der Waals surface area contributed by atoms with Crippen molar-refractivity contribution in [2.75, 3.05) is 17.7 Å². The van der Waals surface area contributed by atoms with Gasteiger partial charge in [0.2, 0.25) is 0 Å². The van der Waals surface area contributed by atoms with Crippen molar-refractivity contribution in [1.82, 2.24) is 15.0 Å². The molecule has 33 heavy (non-hydrogen) atoms. The van der Waals surface area contributed by atoms with Gasteiger partial charge in [0.05, 0.1) is 19.0 Å². The van der Waals surface area contributed by atoms with Gasteiger partial charge in [-0.25, -0.2) is 4.68 Å². The SMILES string of the molecule is COc1cccc(C(=O)Nc2ccc(Nc3ccc(-n4cc(C(C)(C)O)nn4)cc3)cc2)c1. The largest absolute Gasteiger partial charge is 0.497 e. The molecule has 0 saturated heterocycles. The van der Waals surface area contributed by atoms with Crippen molar-refractivity contribution in [2.24, 2.45) is 0 Å². The van der Waals surface area contributed by atoms with Crippen LogP contribution < -0.4 is 15.4 Å². The zero-order valence-corrected chi connectivity index (χ0v) is 18.6. The monoisotopic (exact) mass is 443 g/mol. The molecule has 3 N–H and O–H groups in total. The van der Waals surface area contributed by atoms with Gasteiger partial charge in [0.1, 0.15) is 17.0 Å². The lowest BCUT2D eigenvalue weighted by atomic mass is 10.1. The first-order valence-electron chi connectivity index (χ1n) is 10.4. The van der Waals surface area contributed by atoms with Crippen molar-refractivity contribution in [3.05, 3.63) is 90.3 Å². The average Bonchev–Trinajstić information content (AvgIpc) is 3.32. The summed E-state index contributed by atoms with van der Waals surface area (Å²) in [5.41, 5.74) is 3.29. The van der Waals surface area contributed by atoms with E-state index >= 15 is 0 Å². The van der Waals surface area contributed by atoms with Crippen LogP contribution in [0.25, 0.3) is 5.69 Å². The van der Waals surface area contributed by atoms with Crippen LogP contribution in [0.1, 0.15) is 29.9 Å². The first kappa shape index (κ1) is 22.0. The normalized spacial score (nSPS) is 11.2. The predicted octanol–water partition coefficient (Wildman–Crippen LogP) is 4.50. The van der Waals surface area contributed by atoms with Gasteiger partial charge in [0.15, 0.2) is 0 Å². The Labute approximate surface area is 191 Å².